The molecule has 21 heavy (non-hydrogen) atoms. The highest BCUT2D eigenvalue weighted by Gasteiger charge is 2.52. The minimum atomic E-state index is -0.627. The summed E-state index contributed by atoms with van der Waals surface area (Å²) in [5.74, 6) is 0.0213. The van der Waals surface area contributed by atoms with Crippen LogP contribution in [0, 0.1) is 0 Å². The van der Waals surface area contributed by atoms with E-state index < -0.39 is 5.54 Å². The highest BCUT2D eigenvalue weighted by Crippen LogP contribution is 2.37. The van der Waals surface area contributed by atoms with Crippen molar-refractivity contribution < 1.29 is 9.59 Å². The Balaban J connectivity index is 2.04. The number of pyridine rings is 1. The number of hydrogen-bond donors (Lipinski definition) is 0. The Morgan fingerprint density at radius 1 is 1.43 bits per heavy atom. The molecular formula is C16H23N3O2. The Hall–Kier alpha value is -1.91. The van der Waals surface area contributed by atoms with Crippen molar-refractivity contribution in [3.05, 3.63) is 30.1 Å². The highest BCUT2D eigenvalue weighted by atomic mass is 16.2. The van der Waals surface area contributed by atoms with E-state index in [1.54, 1.807) is 30.1 Å². The first-order valence-electron chi connectivity index (χ1n) is 7.36. The number of carbonyl (C=O) groups excluding carboxylic acids is 2. The number of aryl methyl sites for hydroxylation is 1. The second kappa shape index (κ2) is 6.24. The van der Waals surface area contributed by atoms with Gasteiger partial charge in [0.25, 0.3) is 0 Å². The predicted octanol–water partition coefficient (Wildman–Crippen LogP) is 1.48. The third-order valence-electron chi connectivity index (χ3n) is 4.23. The van der Waals surface area contributed by atoms with Gasteiger partial charge in [0.1, 0.15) is 5.54 Å². The lowest BCUT2D eigenvalue weighted by Gasteiger charge is -2.52. The summed E-state index contributed by atoms with van der Waals surface area (Å²) in [4.78, 5) is 31.7. The summed E-state index contributed by atoms with van der Waals surface area (Å²) in [5.41, 5.74) is 0.538. The summed E-state index contributed by atoms with van der Waals surface area (Å²) in [5, 5.41) is 0. The Morgan fingerprint density at radius 2 is 2.19 bits per heavy atom. The first-order valence-corrected chi connectivity index (χ1v) is 7.36. The van der Waals surface area contributed by atoms with Crippen LogP contribution in [0.2, 0.25) is 0 Å². The maximum absolute atomic E-state index is 12.5. The summed E-state index contributed by atoms with van der Waals surface area (Å²) in [6.45, 7) is 2.22. The molecule has 1 aliphatic heterocycles. The zero-order valence-electron chi connectivity index (χ0n) is 13.0. The van der Waals surface area contributed by atoms with Gasteiger partial charge in [-0.05, 0) is 37.3 Å². The van der Waals surface area contributed by atoms with Gasteiger partial charge in [-0.3, -0.25) is 14.6 Å². The first kappa shape index (κ1) is 15.5. The monoisotopic (exact) mass is 289 g/mol. The van der Waals surface area contributed by atoms with E-state index in [2.05, 4.69) is 4.98 Å². The molecule has 0 radical (unpaired) electrons. The molecule has 0 bridgehead atoms. The van der Waals surface area contributed by atoms with Crippen LogP contribution in [0.3, 0.4) is 0 Å². The summed E-state index contributed by atoms with van der Waals surface area (Å²) in [6.07, 6.45) is 6.82. The molecule has 5 nitrogen and oxygen atoms in total. The number of amides is 2. The molecule has 1 aliphatic rings. The molecule has 0 saturated carbocycles. The molecule has 1 atom stereocenters. The molecular weight excluding hydrogens is 266 g/mol. The number of hydrogen-bond acceptors (Lipinski definition) is 3. The smallest absolute Gasteiger partial charge is 0.248 e. The first-order chi connectivity index (χ1) is 9.97. The van der Waals surface area contributed by atoms with Gasteiger partial charge in [0.15, 0.2) is 0 Å². The third-order valence-corrected chi connectivity index (χ3v) is 4.23. The van der Waals surface area contributed by atoms with Crippen molar-refractivity contribution in [1.29, 1.82) is 0 Å². The van der Waals surface area contributed by atoms with Crippen LogP contribution < -0.4 is 0 Å². The van der Waals surface area contributed by atoms with Crippen LogP contribution in [0.5, 0.6) is 0 Å². The molecule has 0 spiro atoms. The van der Waals surface area contributed by atoms with Gasteiger partial charge in [0.2, 0.25) is 11.8 Å². The van der Waals surface area contributed by atoms with Crippen LogP contribution in [0.1, 0.15) is 31.7 Å². The Morgan fingerprint density at radius 3 is 2.67 bits per heavy atom. The fraction of sp³-hybridized carbons (Fsp3) is 0.562. The number of carbonyl (C=O) groups is 2. The van der Waals surface area contributed by atoms with Crippen molar-refractivity contribution in [2.45, 2.75) is 38.1 Å². The predicted molar refractivity (Wildman–Crippen MR) is 80.6 cm³/mol. The van der Waals surface area contributed by atoms with Crippen molar-refractivity contribution in [3.63, 3.8) is 0 Å². The van der Waals surface area contributed by atoms with Gasteiger partial charge < -0.3 is 9.80 Å². The van der Waals surface area contributed by atoms with Crippen molar-refractivity contribution in [2.75, 3.05) is 20.6 Å². The molecule has 0 aromatic carbocycles. The van der Waals surface area contributed by atoms with E-state index in [9.17, 15) is 9.59 Å². The van der Waals surface area contributed by atoms with Crippen LogP contribution in [-0.4, -0.2) is 52.8 Å². The lowest BCUT2D eigenvalue weighted by molar-refractivity contribution is -0.164. The zero-order valence-corrected chi connectivity index (χ0v) is 13.0. The topological polar surface area (TPSA) is 53.5 Å². The number of likely N-dealkylation sites (N-methyl/N-ethyl adjacent to an activating group) is 1. The van der Waals surface area contributed by atoms with Crippen LogP contribution >= 0.6 is 0 Å². The number of rotatable bonds is 5. The van der Waals surface area contributed by atoms with Gasteiger partial charge in [0.05, 0.1) is 0 Å². The molecule has 1 saturated heterocycles. The second-order valence-corrected chi connectivity index (χ2v) is 5.87. The summed E-state index contributed by atoms with van der Waals surface area (Å²) in [7, 11) is 3.50. The maximum Gasteiger partial charge on any atom is 0.248 e. The summed E-state index contributed by atoms with van der Waals surface area (Å²) in [6, 6.07) is 3.96. The van der Waals surface area contributed by atoms with Crippen molar-refractivity contribution in [3.8, 4) is 0 Å². The normalized spacial score (nSPS) is 20.8. The second-order valence-electron chi connectivity index (χ2n) is 5.87. The molecule has 0 aliphatic carbocycles. The number of likely N-dealkylation sites (tertiary alicyclic amines) is 1. The minimum absolute atomic E-state index is 0.0159. The average Bonchev–Trinajstić information content (AvgIpc) is 2.42. The molecule has 2 heterocycles. The molecule has 0 N–H and O–H groups in total. The molecule has 2 amide bonds. The van der Waals surface area contributed by atoms with Crippen LogP contribution in [-0.2, 0) is 16.0 Å². The highest BCUT2D eigenvalue weighted by molar-refractivity contribution is 5.92. The molecule has 5 heteroatoms. The Bertz CT molecular complexity index is 516. The van der Waals surface area contributed by atoms with Crippen molar-refractivity contribution >= 4 is 11.8 Å². The molecule has 1 aromatic rings. The Labute approximate surface area is 126 Å². The lowest BCUT2D eigenvalue weighted by atomic mass is 9.78. The molecule has 1 fully saturated rings. The van der Waals surface area contributed by atoms with E-state index in [0.717, 1.165) is 19.3 Å². The van der Waals surface area contributed by atoms with E-state index in [-0.39, 0.29) is 11.8 Å². The fourth-order valence-electron chi connectivity index (χ4n) is 3.09. The number of aromatic nitrogens is 1. The largest absolute Gasteiger partial charge is 0.347 e. The van der Waals surface area contributed by atoms with E-state index >= 15 is 0 Å². The van der Waals surface area contributed by atoms with E-state index in [4.69, 9.17) is 0 Å². The molecule has 114 valence electrons. The Kier molecular flexibility index (Phi) is 4.60. The minimum Gasteiger partial charge on any atom is -0.347 e. The fourth-order valence-corrected chi connectivity index (χ4v) is 3.09. The van der Waals surface area contributed by atoms with Crippen LogP contribution in [0.25, 0.3) is 0 Å². The van der Waals surface area contributed by atoms with E-state index in [0.29, 0.717) is 13.0 Å². The van der Waals surface area contributed by atoms with Gasteiger partial charge in [-0.1, -0.05) is 6.07 Å². The van der Waals surface area contributed by atoms with Crippen molar-refractivity contribution in [2.24, 2.45) is 0 Å². The van der Waals surface area contributed by atoms with Crippen LogP contribution in [0.4, 0.5) is 0 Å². The number of nitrogens with zero attached hydrogens (tertiary/aromatic N) is 3. The standard InChI is InChI=1S/C16H23N3O2/c1-13(20)19-11-9-16(19,15(21)18(2)3)8-4-6-14-7-5-10-17-12-14/h5,7,10,12H,4,6,8-9,11H2,1-3H3. The SMILES string of the molecule is CC(=O)N1CCC1(CCCc1cccnc1)C(=O)N(C)C. The quantitative estimate of drug-likeness (QED) is 0.825. The summed E-state index contributed by atoms with van der Waals surface area (Å²) < 4.78 is 0. The van der Waals surface area contributed by atoms with Gasteiger partial charge in [-0.25, -0.2) is 0 Å². The third kappa shape index (κ3) is 3.06. The van der Waals surface area contributed by atoms with Gasteiger partial charge in [-0.2, -0.15) is 0 Å². The lowest BCUT2D eigenvalue weighted by Crippen LogP contribution is -2.68. The van der Waals surface area contributed by atoms with Gasteiger partial charge in [-0.15, -0.1) is 0 Å². The van der Waals surface area contributed by atoms with Crippen LogP contribution in [0.15, 0.2) is 24.5 Å². The van der Waals surface area contributed by atoms with E-state index in [1.165, 1.54) is 12.5 Å². The average molecular weight is 289 g/mol. The zero-order chi connectivity index (χ0) is 15.5. The van der Waals surface area contributed by atoms with Gasteiger partial charge >= 0.3 is 0 Å². The van der Waals surface area contributed by atoms with Gasteiger partial charge in [0, 0.05) is 40.0 Å². The molecule has 2 rings (SSSR count). The van der Waals surface area contributed by atoms with Crippen molar-refractivity contribution in [1.82, 2.24) is 14.8 Å². The molecule has 1 unspecified atom stereocenters. The van der Waals surface area contributed by atoms with E-state index in [1.807, 2.05) is 18.3 Å². The molecule has 1 aromatic heterocycles. The summed E-state index contributed by atoms with van der Waals surface area (Å²) >= 11 is 0. The maximum atomic E-state index is 12.5.